The summed E-state index contributed by atoms with van der Waals surface area (Å²) in [6.07, 6.45) is -0.337. The molecule has 0 saturated heterocycles. The summed E-state index contributed by atoms with van der Waals surface area (Å²) < 4.78 is 28.5. The van der Waals surface area contributed by atoms with Crippen LogP contribution in [-0.4, -0.2) is 90.3 Å². The lowest BCUT2D eigenvalue weighted by Gasteiger charge is -2.24. The van der Waals surface area contributed by atoms with Gasteiger partial charge in [-0.15, -0.1) is 0 Å². The van der Waals surface area contributed by atoms with Gasteiger partial charge in [-0.25, -0.2) is 33.8 Å². The van der Waals surface area contributed by atoms with Crippen molar-refractivity contribution in [2.45, 2.75) is 127 Å². The zero-order valence-corrected chi connectivity index (χ0v) is 33.5. The lowest BCUT2D eigenvalue weighted by molar-refractivity contribution is -0.154. The SMILES string of the molecule is C=C(C)C(=O)OCOC(=O)N(C(=O)CC(C)C)C(C)C.C=C(C)C(=O)OCOC(=O)N(C(=O)CCC(C)C)C(C)C.C=C(C)C(=O)OCOC(C)C. The summed E-state index contributed by atoms with van der Waals surface area (Å²) >= 11 is 0. The van der Waals surface area contributed by atoms with E-state index in [0.717, 1.165) is 9.80 Å². The number of amides is 4. The predicted molar refractivity (Wildman–Crippen MR) is 194 cm³/mol. The van der Waals surface area contributed by atoms with Crippen molar-refractivity contribution in [3.05, 3.63) is 36.5 Å². The van der Waals surface area contributed by atoms with Gasteiger partial charge in [-0.3, -0.25) is 9.59 Å². The molecule has 0 aliphatic rings. The molecule has 0 atom stereocenters. The van der Waals surface area contributed by atoms with E-state index in [1.54, 1.807) is 34.6 Å². The van der Waals surface area contributed by atoms with Gasteiger partial charge in [-0.2, -0.15) is 0 Å². The van der Waals surface area contributed by atoms with Gasteiger partial charge in [0.25, 0.3) is 0 Å². The molecular formula is C37H62N2O13. The van der Waals surface area contributed by atoms with Crippen LogP contribution in [0.4, 0.5) is 9.59 Å². The predicted octanol–water partition coefficient (Wildman–Crippen LogP) is 6.84. The van der Waals surface area contributed by atoms with Crippen LogP contribution in [0.1, 0.15) is 109 Å². The number of rotatable bonds is 17. The van der Waals surface area contributed by atoms with E-state index in [-0.39, 0.29) is 66.7 Å². The molecule has 15 nitrogen and oxygen atoms in total. The highest BCUT2D eigenvalue weighted by Crippen LogP contribution is 2.12. The standard InChI is InChI=1S/C15H25NO5.C14H23NO5.C8H14O3/c1-10(2)7-8-13(17)16(12(5)6)15(19)21-9-20-14(18)11(3)4;1-9(2)7-12(16)15(11(5)6)14(18)20-8-19-13(17)10(3)4;1-6(2)8(9)11-5-10-7(3)4/h10,12H,3,7-9H2,1-2,4-6H3;9,11H,3,7-8H2,1-2,4-6H3;7H,1,5H2,2-4H3. The first-order valence-electron chi connectivity index (χ1n) is 16.9. The number of hydrogen-bond donors (Lipinski definition) is 0. The molecule has 0 spiro atoms. The number of ether oxygens (including phenoxy) is 6. The zero-order valence-electron chi connectivity index (χ0n) is 33.5. The Hall–Kier alpha value is -4.53. The Labute approximate surface area is 309 Å². The van der Waals surface area contributed by atoms with E-state index in [0.29, 0.717) is 17.9 Å². The van der Waals surface area contributed by atoms with Gasteiger partial charge < -0.3 is 28.4 Å². The van der Waals surface area contributed by atoms with Crippen LogP contribution in [0.2, 0.25) is 0 Å². The number of imide groups is 2. The van der Waals surface area contributed by atoms with Crippen molar-refractivity contribution >= 4 is 41.9 Å². The topological polar surface area (TPSA) is 181 Å². The fourth-order valence-electron chi connectivity index (χ4n) is 3.18. The molecule has 0 radical (unpaired) electrons. The van der Waals surface area contributed by atoms with Crippen molar-refractivity contribution in [1.82, 2.24) is 9.80 Å². The van der Waals surface area contributed by atoms with Crippen LogP contribution in [0.5, 0.6) is 0 Å². The molecule has 0 fully saturated rings. The number of hydrogen-bond acceptors (Lipinski definition) is 13. The monoisotopic (exact) mass is 742 g/mol. The third kappa shape index (κ3) is 26.3. The molecule has 298 valence electrons. The van der Waals surface area contributed by atoms with E-state index < -0.39 is 43.7 Å². The van der Waals surface area contributed by atoms with Gasteiger partial charge in [0.1, 0.15) is 0 Å². The summed E-state index contributed by atoms with van der Waals surface area (Å²) in [7, 11) is 0. The van der Waals surface area contributed by atoms with Crippen LogP contribution in [0.25, 0.3) is 0 Å². The Bertz CT molecular complexity index is 1220. The average molecular weight is 743 g/mol. The van der Waals surface area contributed by atoms with Gasteiger partial charge in [-0.05, 0) is 80.6 Å². The highest BCUT2D eigenvalue weighted by molar-refractivity contribution is 5.93. The third-order valence-electron chi connectivity index (χ3n) is 5.86. The second-order valence-corrected chi connectivity index (χ2v) is 13.3. The summed E-state index contributed by atoms with van der Waals surface area (Å²) in [5.74, 6) is -1.81. The molecule has 0 heterocycles. The van der Waals surface area contributed by atoms with Crippen molar-refractivity contribution in [3.63, 3.8) is 0 Å². The first kappa shape index (κ1) is 51.8. The largest absolute Gasteiger partial charge is 0.435 e. The van der Waals surface area contributed by atoms with E-state index in [9.17, 15) is 33.6 Å². The second-order valence-electron chi connectivity index (χ2n) is 13.3. The molecule has 0 unspecified atom stereocenters. The Balaban J connectivity index is -0.000000727. The Morgan fingerprint density at radius 2 is 0.846 bits per heavy atom. The maximum absolute atomic E-state index is 12.0. The van der Waals surface area contributed by atoms with Gasteiger partial charge >= 0.3 is 30.1 Å². The summed E-state index contributed by atoms with van der Waals surface area (Å²) in [5, 5.41) is 0. The minimum absolute atomic E-state index is 0.00333. The van der Waals surface area contributed by atoms with Gasteiger partial charge in [0.15, 0.2) is 6.79 Å². The fraction of sp³-hybridized carbons (Fsp3) is 0.649. The van der Waals surface area contributed by atoms with Gasteiger partial charge in [0.05, 0.1) is 6.10 Å². The molecule has 0 aromatic rings. The quantitative estimate of drug-likeness (QED) is 0.0654. The molecule has 0 N–H and O–H groups in total. The van der Waals surface area contributed by atoms with E-state index in [1.807, 2.05) is 41.5 Å². The van der Waals surface area contributed by atoms with Crippen LogP contribution in [0.3, 0.4) is 0 Å². The molecule has 0 rings (SSSR count). The molecule has 0 aliphatic carbocycles. The first-order chi connectivity index (χ1) is 23.9. The lowest BCUT2D eigenvalue weighted by Crippen LogP contribution is -2.43. The van der Waals surface area contributed by atoms with Crippen molar-refractivity contribution in [2.75, 3.05) is 20.4 Å². The molecule has 0 aliphatic heterocycles. The van der Waals surface area contributed by atoms with E-state index >= 15 is 0 Å². The van der Waals surface area contributed by atoms with E-state index in [4.69, 9.17) is 14.2 Å². The number of carbonyl (C=O) groups is 7. The minimum Gasteiger partial charge on any atom is -0.435 e. The summed E-state index contributed by atoms with van der Waals surface area (Å²) in [5.41, 5.74) is 0.801. The van der Waals surface area contributed by atoms with Crippen LogP contribution in [0, 0.1) is 11.8 Å². The smallest absolute Gasteiger partial charge is 0.419 e. The molecule has 0 bridgehead atoms. The normalized spacial score (nSPS) is 10.3. The van der Waals surface area contributed by atoms with Crippen molar-refractivity contribution in [3.8, 4) is 0 Å². The Morgan fingerprint density at radius 1 is 0.500 bits per heavy atom. The summed E-state index contributed by atoms with van der Waals surface area (Å²) in [6, 6.07) is -0.653. The molecule has 4 amide bonds. The number of esters is 3. The molecule has 15 heteroatoms. The molecule has 0 aromatic heterocycles. The molecule has 52 heavy (non-hydrogen) atoms. The van der Waals surface area contributed by atoms with E-state index in [2.05, 4.69) is 33.9 Å². The lowest BCUT2D eigenvalue weighted by atomic mass is 10.1. The van der Waals surface area contributed by atoms with E-state index in [1.165, 1.54) is 13.8 Å². The number of carbonyl (C=O) groups excluding carboxylic acids is 7. The fourth-order valence-corrected chi connectivity index (χ4v) is 3.18. The minimum atomic E-state index is -0.819. The highest BCUT2D eigenvalue weighted by atomic mass is 16.7. The highest BCUT2D eigenvalue weighted by Gasteiger charge is 2.27. The molecule has 0 saturated carbocycles. The maximum atomic E-state index is 12.0. The molecule has 0 aromatic carbocycles. The zero-order chi connectivity index (χ0) is 41.3. The van der Waals surface area contributed by atoms with Gasteiger partial charge in [-0.1, -0.05) is 47.4 Å². The van der Waals surface area contributed by atoms with Gasteiger partial charge in [0.2, 0.25) is 25.4 Å². The van der Waals surface area contributed by atoms with Crippen LogP contribution in [0.15, 0.2) is 36.5 Å². The number of nitrogens with zero attached hydrogens (tertiary/aromatic N) is 2. The van der Waals surface area contributed by atoms with Crippen molar-refractivity contribution < 1.29 is 62.0 Å². The maximum Gasteiger partial charge on any atom is 0.419 e. The summed E-state index contributed by atoms with van der Waals surface area (Å²) in [6.45, 7) is 32.1. The van der Waals surface area contributed by atoms with Gasteiger partial charge in [0, 0.05) is 41.6 Å². The van der Waals surface area contributed by atoms with Crippen LogP contribution < -0.4 is 0 Å². The Kier molecular flexibility index (Phi) is 28.0. The van der Waals surface area contributed by atoms with Crippen molar-refractivity contribution in [2.24, 2.45) is 11.8 Å². The van der Waals surface area contributed by atoms with Crippen molar-refractivity contribution in [1.29, 1.82) is 0 Å². The first-order valence-corrected chi connectivity index (χ1v) is 16.9. The molecular weight excluding hydrogens is 680 g/mol. The second kappa shape index (κ2) is 28.1. The van der Waals surface area contributed by atoms with Crippen LogP contribution in [-0.2, 0) is 52.4 Å². The Morgan fingerprint density at radius 3 is 1.13 bits per heavy atom. The summed E-state index contributed by atoms with van der Waals surface area (Å²) in [4.78, 5) is 82.7. The third-order valence-corrected chi connectivity index (χ3v) is 5.86. The average Bonchev–Trinajstić information content (AvgIpc) is 2.99. The van der Waals surface area contributed by atoms with Crippen LogP contribution >= 0.6 is 0 Å².